The van der Waals surface area contributed by atoms with E-state index in [2.05, 4.69) is 127 Å². The lowest BCUT2D eigenvalue weighted by molar-refractivity contribution is -0.734. The monoisotopic (exact) mass is 350 g/mol. The summed E-state index contributed by atoms with van der Waals surface area (Å²) in [5, 5.41) is 0. The first kappa shape index (κ1) is 17.2. The largest absolute Gasteiger partial charge is 0.243 e. The Morgan fingerprint density at radius 1 is 0.556 bits per heavy atom. The zero-order chi connectivity index (χ0) is 18.5. The van der Waals surface area contributed by atoms with Gasteiger partial charge in [-0.3, -0.25) is 0 Å². The summed E-state index contributed by atoms with van der Waals surface area (Å²) in [7, 11) is 0. The van der Waals surface area contributed by atoms with Gasteiger partial charge in [-0.2, -0.15) is 4.57 Å². The van der Waals surface area contributed by atoms with E-state index in [0.717, 1.165) is 6.42 Å². The van der Waals surface area contributed by atoms with Gasteiger partial charge in [0, 0.05) is 28.8 Å². The molecule has 0 aliphatic rings. The number of rotatable bonds is 5. The lowest BCUT2D eigenvalue weighted by atomic mass is 9.76. The van der Waals surface area contributed by atoms with Crippen molar-refractivity contribution in [3.63, 3.8) is 0 Å². The molecule has 0 amide bonds. The molecule has 0 aliphatic carbocycles. The molecule has 1 aromatic heterocycles. The highest BCUT2D eigenvalue weighted by molar-refractivity contribution is 5.46. The number of hydrogen-bond acceptors (Lipinski definition) is 0. The maximum Gasteiger partial charge on any atom is 0.243 e. The van der Waals surface area contributed by atoms with Gasteiger partial charge in [0.25, 0.3) is 0 Å². The molecule has 132 valence electrons. The Morgan fingerprint density at radius 3 is 1.26 bits per heavy atom. The predicted octanol–water partition coefficient (Wildman–Crippen LogP) is 5.38. The Kier molecular flexibility index (Phi) is 4.84. The van der Waals surface area contributed by atoms with Gasteiger partial charge >= 0.3 is 0 Å². The molecule has 0 unspecified atom stereocenters. The van der Waals surface area contributed by atoms with Crippen LogP contribution >= 0.6 is 0 Å². The molecular weight excluding hydrogens is 326 g/mol. The van der Waals surface area contributed by atoms with Crippen LogP contribution in [0.25, 0.3) is 0 Å². The Bertz CT molecular complexity index is 878. The van der Waals surface area contributed by atoms with Crippen LogP contribution in [0.4, 0.5) is 0 Å². The van der Waals surface area contributed by atoms with Crippen LogP contribution in [-0.2, 0) is 12.0 Å². The second-order valence-electron chi connectivity index (χ2n) is 6.78. The van der Waals surface area contributed by atoms with E-state index in [0.29, 0.717) is 0 Å². The fourth-order valence-electron chi connectivity index (χ4n) is 3.90. The molecule has 1 nitrogen and oxygen atoms in total. The van der Waals surface area contributed by atoms with E-state index >= 15 is 0 Å². The van der Waals surface area contributed by atoms with Crippen LogP contribution in [0.2, 0.25) is 0 Å². The SMILES string of the molecule is CCc1cc[n+](C(c2ccccc2)(c2ccccc2)c2ccccc2)cc1. The van der Waals surface area contributed by atoms with Crippen molar-refractivity contribution < 1.29 is 4.57 Å². The number of aromatic nitrogens is 1. The van der Waals surface area contributed by atoms with Crippen LogP contribution in [0.5, 0.6) is 0 Å². The molecule has 0 saturated heterocycles. The maximum atomic E-state index is 2.34. The molecule has 0 fully saturated rings. The van der Waals surface area contributed by atoms with Crippen molar-refractivity contribution in [2.45, 2.75) is 18.9 Å². The Morgan fingerprint density at radius 2 is 0.926 bits per heavy atom. The fourth-order valence-corrected chi connectivity index (χ4v) is 3.90. The number of benzene rings is 3. The lowest BCUT2D eigenvalue weighted by Gasteiger charge is -2.30. The van der Waals surface area contributed by atoms with E-state index in [1.54, 1.807) is 0 Å². The van der Waals surface area contributed by atoms with E-state index in [1.165, 1.54) is 22.3 Å². The van der Waals surface area contributed by atoms with Gasteiger partial charge < -0.3 is 0 Å². The third-order valence-electron chi connectivity index (χ3n) is 5.27. The topological polar surface area (TPSA) is 3.88 Å². The van der Waals surface area contributed by atoms with E-state index in [1.807, 2.05) is 0 Å². The van der Waals surface area contributed by atoms with Crippen molar-refractivity contribution >= 4 is 0 Å². The molecule has 4 rings (SSSR count). The van der Waals surface area contributed by atoms with Crippen molar-refractivity contribution in [3.8, 4) is 0 Å². The van der Waals surface area contributed by atoms with Crippen LogP contribution in [0.1, 0.15) is 29.2 Å². The van der Waals surface area contributed by atoms with Gasteiger partial charge in [-0.1, -0.05) is 97.9 Å². The van der Waals surface area contributed by atoms with Gasteiger partial charge in [0.1, 0.15) is 0 Å². The van der Waals surface area contributed by atoms with Crippen molar-refractivity contribution in [2.24, 2.45) is 0 Å². The third kappa shape index (κ3) is 3.06. The molecule has 4 aromatic rings. The molecule has 3 aromatic carbocycles. The van der Waals surface area contributed by atoms with Gasteiger partial charge in [-0.05, 0) is 12.0 Å². The van der Waals surface area contributed by atoms with Gasteiger partial charge in [-0.15, -0.1) is 0 Å². The van der Waals surface area contributed by atoms with Crippen LogP contribution in [0.15, 0.2) is 116 Å². The molecule has 0 spiro atoms. The molecule has 0 radical (unpaired) electrons. The number of nitrogens with zero attached hydrogens (tertiary/aromatic N) is 1. The van der Waals surface area contributed by atoms with Gasteiger partial charge in [0.05, 0.1) is 0 Å². The highest BCUT2D eigenvalue weighted by Gasteiger charge is 2.45. The molecule has 0 N–H and O–H groups in total. The molecular formula is C26H24N+. The summed E-state index contributed by atoms with van der Waals surface area (Å²) in [6, 6.07) is 36.8. The first-order valence-electron chi connectivity index (χ1n) is 9.53. The second-order valence-corrected chi connectivity index (χ2v) is 6.78. The van der Waals surface area contributed by atoms with Crippen molar-refractivity contribution in [2.75, 3.05) is 0 Å². The molecule has 0 bridgehead atoms. The smallest absolute Gasteiger partial charge is 0.187 e. The average Bonchev–Trinajstić information content (AvgIpc) is 2.77. The zero-order valence-corrected chi connectivity index (χ0v) is 15.6. The van der Waals surface area contributed by atoms with Gasteiger partial charge in [0.15, 0.2) is 12.4 Å². The van der Waals surface area contributed by atoms with Gasteiger partial charge in [0.2, 0.25) is 5.54 Å². The molecule has 1 heteroatoms. The molecule has 0 atom stereocenters. The van der Waals surface area contributed by atoms with E-state index in [9.17, 15) is 0 Å². The van der Waals surface area contributed by atoms with Crippen LogP contribution in [0, 0.1) is 0 Å². The minimum atomic E-state index is -0.421. The lowest BCUT2D eigenvalue weighted by Crippen LogP contribution is -2.58. The first-order chi connectivity index (χ1) is 13.4. The summed E-state index contributed by atoms with van der Waals surface area (Å²) in [6.45, 7) is 2.19. The van der Waals surface area contributed by atoms with Crippen LogP contribution < -0.4 is 4.57 Å². The highest BCUT2D eigenvalue weighted by atomic mass is 15.0. The van der Waals surface area contributed by atoms with Gasteiger partial charge in [-0.25, -0.2) is 0 Å². The van der Waals surface area contributed by atoms with Crippen LogP contribution in [0.3, 0.4) is 0 Å². The van der Waals surface area contributed by atoms with Crippen molar-refractivity contribution in [3.05, 3.63) is 138 Å². The molecule has 0 aliphatic heterocycles. The Labute approximate surface area is 161 Å². The summed E-state index contributed by atoms with van der Waals surface area (Å²) >= 11 is 0. The number of pyridine rings is 1. The number of aryl methyl sites for hydroxylation is 1. The average molecular weight is 350 g/mol. The minimum Gasteiger partial charge on any atom is -0.187 e. The molecule has 0 saturated carbocycles. The Hall–Kier alpha value is -3.19. The summed E-state index contributed by atoms with van der Waals surface area (Å²) in [5.41, 5.74) is 4.66. The molecule has 1 heterocycles. The van der Waals surface area contributed by atoms with Crippen LogP contribution in [-0.4, -0.2) is 0 Å². The number of hydrogen-bond donors (Lipinski definition) is 0. The standard InChI is InChI=1S/C26H24N/c1-2-22-18-20-27(21-19-22)26(23-12-6-3-7-13-23,24-14-8-4-9-15-24)25-16-10-5-11-17-25/h3-21H,2H2,1H3/q+1. The van der Waals surface area contributed by atoms with E-state index in [-0.39, 0.29) is 0 Å². The normalized spacial score (nSPS) is 11.3. The first-order valence-corrected chi connectivity index (χ1v) is 9.53. The minimum absolute atomic E-state index is 0.421. The quantitative estimate of drug-likeness (QED) is 0.336. The Balaban J connectivity index is 2.09. The summed E-state index contributed by atoms with van der Waals surface area (Å²) < 4.78 is 2.34. The maximum absolute atomic E-state index is 2.34. The molecule has 27 heavy (non-hydrogen) atoms. The third-order valence-corrected chi connectivity index (χ3v) is 5.27. The fraction of sp³-hybridized carbons (Fsp3) is 0.115. The predicted molar refractivity (Wildman–Crippen MR) is 111 cm³/mol. The zero-order valence-electron chi connectivity index (χ0n) is 15.6. The summed E-state index contributed by atoms with van der Waals surface area (Å²) in [4.78, 5) is 0. The highest BCUT2D eigenvalue weighted by Crippen LogP contribution is 2.36. The van der Waals surface area contributed by atoms with E-state index in [4.69, 9.17) is 0 Å². The van der Waals surface area contributed by atoms with Crippen molar-refractivity contribution in [1.29, 1.82) is 0 Å². The summed E-state index contributed by atoms with van der Waals surface area (Å²) in [5.74, 6) is 0. The van der Waals surface area contributed by atoms with E-state index < -0.39 is 5.54 Å². The summed E-state index contributed by atoms with van der Waals surface area (Å²) in [6.07, 6.45) is 5.47. The second kappa shape index (κ2) is 7.59. The van der Waals surface area contributed by atoms with Crippen molar-refractivity contribution in [1.82, 2.24) is 0 Å².